The summed E-state index contributed by atoms with van der Waals surface area (Å²) in [4.78, 5) is 13.0. The van der Waals surface area contributed by atoms with Crippen LogP contribution >= 0.6 is 11.3 Å². The number of carbonyl (C=O) groups is 1. The van der Waals surface area contributed by atoms with Crippen LogP contribution in [-0.4, -0.2) is 29.7 Å². The van der Waals surface area contributed by atoms with Crippen LogP contribution in [0.2, 0.25) is 0 Å². The van der Waals surface area contributed by atoms with E-state index in [0.29, 0.717) is 12.1 Å². The molecule has 0 radical (unpaired) electrons. The van der Waals surface area contributed by atoms with Gasteiger partial charge in [-0.2, -0.15) is 0 Å². The van der Waals surface area contributed by atoms with Crippen LogP contribution in [0.5, 0.6) is 0 Å². The van der Waals surface area contributed by atoms with E-state index < -0.39 is 23.8 Å². The lowest BCUT2D eigenvalue weighted by atomic mass is 9.99. The molecule has 3 N–H and O–H groups in total. The number of benzene rings is 3. The van der Waals surface area contributed by atoms with E-state index in [1.165, 1.54) is 17.7 Å². The van der Waals surface area contributed by atoms with E-state index in [-0.39, 0.29) is 25.3 Å². The van der Waals surface area contributed by atoms with Crippen LogP contribution in [0.15, 0.2) is 72.1 Å². The molecule has 0 aliphatic heterocycles. The van der Waals surface area contributed by atoms with Gasteiger partial charge in [0, 0.05) is 23.9 Å². The molecule has 0 saturated carbocycles. The summed E-state index contributed by atoms with van der Waals surface area (Å²) in [6.45, 7) is 2.86. The largest absolute Gasteiger partial charge is 0.390 e. The van der Waals surface area contributed by atoms with Crippen molar-refractivity contribution in [2.45, 2.75) is 44.9 Å². The summed E-state index contributed by atoms with van der Waals surface area (Å²) in [5, 5.41) is 20.1. The van der Waals surface area contributed by atoms with Crippen LogP contribution in [0.3, 0.4) is 0 Å². The molecule has 0 spiro atoms. The first-order valence-electron chi connectivity index (χ1n) is 12.1. The maximum atomic E-state index is 13.8. The van der Waals surface area contributed by atoms with Crippen molar-refractivity contribution in [3.05, 3.63) is 106 Å². The Morgan fingerprint density at radius 2 is 1.72 bits per heavy atom. The molecular weight excluding hydrogens is 478 g/mol. The van der Waals surface area contributed by atoms with Crippen molar-refractivity contribution in [3.63, 3.8) is 0 Å². The Kier molecular flexibility index (Phi) is 8.80. The number of aliphatic hydroxyl groups excluding tert-OH is 1. The van der Waals surface area contributed by atoms with Crippen molar-refractivity contribution in [1.29, 1.82) is 0 Å². The van der Waals surface area contributed by atoms with Gasteiger partial charge in [0.1, 0.15) is 11.6 Å². The summed E-state index contributed by atoms with van der Waals surface area (Å²) < 4.78 is 28.7. The van der Waals surface area contributed by atoms with Gasteiger partial charge in [-0.05, 0) is 70.1 Å². The third-order valence-corrected chi connectivity index (χ3v) is 7.09. The van der Waals surface area contributed by atoms with Gasteiger partial charge < -0.3 is 15.7 Å². The first-order chi connectivity index (χ1) is 17.4. The minimum Gasteiger partial charge on any atom is -0.390 e. The number of fused-ring (bicyclic) bond motifs is 1. The van der Waals surface area contributed by atoms with Gasteiger partial charge in [-0.3, -0.25) is 4.79 Å². The Bertz CT molecular complexity index is 1300. The van der Waals surface area contributed by atoms with Crippen LogP contribution in [0.4, 0.5) is 8.78 Å². The number of thiophene rings is 1. The van der Waals surface area contributed by atoms with E-state index in [4.69, 9.17) is 0 Å². The summed E-state index contributed by atoms with van der Waals surface area (Å²) in [6, 6.07) is 18.6. The van der Waals surface area contributed by atoms with Crippen molar-refractivity contribution >= 4 is 27.3 Å². The molecule has 0 aliphatic rings. The lowest BCUT2D eigenvalue weighted by Crippen LogP contribution is -2.49. The summed E-state index contributed by atoms with van der Waals surface area (Å²) in [5.74, 6) is -1.64. The fraction of sp³-hybridized carbons (Fsp3) is 0.276. The fourth-order valence-corrected chi connectivity index (χ4v) is 5.21. The number of rotatable bonds is 11. The Morgan fingerprint density at radius 1 is 0.972 bits per heavy atom. The Morgan fingerprint density at radius 3 is 2.50 bits per heavy atom. The molecule has 0 bridgehead atoms. The molecule has 3 aromatic carbocycles. The first-order valence-corrected chi connectivity index (χ1v) is 12.9. The van der Waals surface area contributed by atoms with Crippen molar-refractivity contribution in [2.24, 2.45) is 0 Å². The number of halogens is 2. The van der Waals surface area contributed by atoms with Crippen molar-refractivity contribution < 1.29 is 18.7 Å². The number of hydrogen-bond donors (Lipinski definition) is 3. The van der Waals surface area contributed by atoms with Gasteiger partial charge in [0.2, 0.25) is 5.91 Å². The fourth-order valence-electron chi connectivity index (χ4n) is 4.37. The average molecular weight is 509 g/mol. The van der Waals surface area contributed by atoms with E-state index in [9.17, 15) is 18.7 Å². The lowest BCUT2D eigenvalue weighted by Gasteiger charge is -2.25. The van der Waals surface area contributed by atoms with Gasteiger partial charge in [-0.15, -0.1) is 11.3 Å². The topological polar surface area (TPSA) is 61.4 Å². The third-order valence-electron chi connectivity index (χ3n) is 6.21. The molecule has 0 aliphatic carbocycles. The van der Waals surface area contributed by atoms with Crippen molar-refractivity contribution in [3.8, 4) is 0 Å². The Balaban J connectivity index is 1.44. The minimum atomic E-state index is -0.966. The number of aliphatic hydroxyl groups is 1. The molecule has 0 fully saturated rings. The van der Waals surface area contributed by atoms with Gasteiger partial charge in [0.15, 0.2) is 0 Å². The smallest absolute Gasteiger partial charge is 0.224 e. The molecule has 7 heteroatoms. The molecule has 0 unspecified atom stereocenters. The molecule has 1 aromatic heterocycles. The second-order valence-corrected chi connectivity index (χ2v) is 9.90. The zero-order chi connectivity index (χ0) is 25.5. The molecule has 188 valence electrons. The highest BCUT2D eigenvalue weighted by Gasteiger charge is 2.23. The highest BCUT2D eigenvalue weighted by molar-refractivity contribution is 7.17. The molecule has 0 saturated heterocycles. The summed E-state index contributed by atoms with van der Waals surface area (Å²) in [5.41, 5.74) is 3.59. The van der Waals surface area contributed by atoms with E-state index in [1.807, 2.05) is 41.8 Å². The van der Waals surface area contributed by atoms with Gasteiger partial charge in [0.25, 0.3) is 0 Å². The van der Waals surface area contributed by atoms with Crippen molar-refractivity contribution in [2.75, 3.05) is 6.54 Å². The number of amides is 1. The molecule has 2 atom stereocenters. The molecular formula is C29H30F2N2O2S. The zero-order valence-electron chi connectivity index (χ0n) is 20.1. The Labute approximate surface area is 214 Å². The van der Waals surface area contributed by atoms with Crippen LogP contribution in [-0.2, 0) is 30.6 Å². The molecule has 36 heavy (non-hydrogen) atoms. The van der Waals surface area contributed by atoms with Crippen LogP contribution < -0.4 is 10.6 Å². The second kappa shape index (κ2) is 12.2. The first kappa shape index (κ1) is 25.9. The zero-order valence-corrected chi connectivity index (χ0v) is 21.0. The Hall–Kier alpha value is -3.13. The summed E-state index contributed by atoms with van der Waals surface area (Å²) >= 11 is 1.61. The predicted octanol–water partition coefficient (Wildman–Crippen LogP) is 5.16. The van der Waals surface area contributed by atoms with Gasteiger partial charge in [-0.25, -0.2) is 8.78 Å². The second-order valence-electron chi connectivity index (χ2n) is 8.95. The highest BCUT2D eigenvalue weighted by Crippen LogP contribution is 2.24. The number of aryl methyl sites for hydroxylation is 1. The molecule has 1 heterocycles. The summed E-state index contributed by atoms with van der Waals surface area (Å²) in [7, 11) is 0. The number of carbonyl (C=O) groups excluding carboxylic acids is 1. The van der Waals surface area contributed by atoms with E-state index in [2.05, 4.69) is 29.7 Å². The van der Waals surface area contributed by atoms with Crippen LogP contribution in [0.25, 0.3) is 10.1 Å². The quantitative estimate of drug-likeness (QED) is 0.262. The van der Waals surface area contributed by atoms with E-state index >= 15 is 0 Å². The van der Waals surface area contributed by atoms with E-state index in [0.717, 1.165) is 33.7 Å². The predicted molar refractivity (Wildman–Crippen MR) is 141 cm³/mol. The summed E-state index contributed by atoms with van der Waals surface area (Å²) in [6.07, 6.45) is 0.212. The van der Waals surface area contributed by atoms with Crippen molar-refractivity contribution in [1.82, 2.24) is 10.6 Å². The maximum absolute atomic E-state index is 13.8. The van der Waals surface area contributed by atoms with Gasteiger partial charge in [-0.1, -0.05) is 43.3 Å². The van der Waals surface area contributed by atoms with Gasteiger partial charge in [0.05, 0.1) is 18.6 Å². The lowest BCUT2D eigenvalue weighted by molar-refractivity contribution is -0.122. The van der Waals surface area contributed by atoms with Gasteiger partial charge >= 0.3 is 0 Å². The maximum Gasteiger partial charge on any atom is 0.224 e. The van der Waals surface area contributed by atoms with Crippen LogP contribution in [0.1, 0.15) is 29.2 Å². The molecule has 1 amide bonds. The van der Waals surface area contributed by atoms with Crippen LogP contribution in [0, 0.1) is 11.6 Å². The normalized spacial score (nSPS) is 13.0. The molecule has 4 rings (SSSR count). The number of nitrogens with one attached hydrogen (secondary N) is 2. The number of hydrogen-bond acceptors (Lipinski definition) is 4. The minimum absolute atomic E-state index is 0.0945. The monoisotopic (exact) mass is 508 g/mol. The molecule has 4 aromatic rings. The average Bonchev–Trinajstić information content (AvgIpc) is 3.33. The highest BCUT2D eigenvalue weighted by atomic mass is 32.1. The van der Waals surface area contributed by atoms with E-state index in [1.54, 1.807) is 11.3 Å². The third kappa shape index (κ3) is 6.97. The molecule has 4 nitrogen and oxygen atoms in total. The SMILES string of the molecule is CCc1cccc(CNC[C@@H](O)[C@H](Cc2cc(F)cc(F)c2)NC(=O)Cc2cccc3sccc23)c1. The standard InChI is InChI=1S/C29H30F2N2O2S/c1-2-19-5-3-6-20(11-19)17-32-18-27(34)26(14-21-12-23(30)16-24(31)13-21)33-29(35)15-22-7-4-8-28-25(22)9-10-36-28/h3-13,16,26-27,32,34H,2,14-15,17-18H2,1H3,(H,33,35)/t26-,27+/m0/s1.